The number of benzene rings is 6. The number of nitrogens with one attached hydrogen (secondary N) is 10. The Labute approximate surface area is 768 Å². The lowest BCUT2D eigenvalue weighted by molar-refractivity contribution is -0.299. The monoisotopic (exact) mass is 1900 g/mol. The standard InChI is InChI=1S/C89H111Cl2N11O29Si/c1-38(2)24-52(93-5)80(118)101-67-69(109)43-15-18-57(50(90)27-43)128-59-29-45-30-60(77(59)131-88-78(75(115)73(113)61(37-104)130-88)127-46-25-39(3)79(117)89(4,33-46)96-34-41-12-10-40(11-13-41)20-23-132(6,7)8)129-58-19-16-44(28-51(58)91)70(110)68-85(123)100-66(87(125)126)48-31-55(106)49(35-94-21-9-22-95-86(124)76(116)74(114)72(112)56(107)36-103)71(111)63(48)47-26-42(14-17-54(47)105)64(82(120)102-68)99-83(121)65(45)98-81(119)53(32-62(92)108)97-84(67)122/h10-19,26-31,38-39,46,52-53,56,61,64-70,72-76,78-79,88,93-94,96,103-107,109-117H,9,21-22,24-25,32-37H2,1-8H3,(H2,92,108)(H,95,124)(H,97,122)(H,98,119)(H,99,121)(H,100,123)(H,101,118)(H,102,120)(H,125,126)/t39-,46-,52-,53+,56-,61-,64+,65-,66+,67-,68+,69-,70-,72-,73?,74+,75?,76-,78-,79-,88+,89?/m1/s1. The number of hydrogen-bond donors (Lipinski definition) is 26. The van der Waals surface area contributed by atoms with Crippen LogP contribution in [-0.2, 0) is 65.7 Å². The molecule has 1 saturated carbocycles. The fourth-order valence-electron chi connectivity index (χ4n) is 16.1. The van der Waals surface area contributed by atoms with E-state index in [-0.39, 0.29) is 73.1 Å². The van der Waals surface area contributed by atoms with Crippen LogP contribution in [0.1, 0.15) is 135 Å². The largest absolute Gasteiger partial charge is 0.507 e. The average Bonchev–Trinajstić information content (AvgIpc) is 0.755. The van der Waals surface area contributed by atoms with Gasteiger partial charge in [-0.25, -0.2) is 4.79 Å². The lowest BCUT2D eigenvalue weighted by atomic mass is 9.73. The molecule has 7 aliphatic rings. The number of carbonyl (C=O) groups is 9. The van der Waals surface area contributed by atoms with Crippen molar-refractivity contribution in [2.75, 3.05) is 33.4 Å². The number of amides is 8. The van der Waals surface area contributed by atoms with Crippen molar-refractivity contribution in [3.05, 3.63) is 152 Å². The van der Waals surface area contributed by atoms with E-state index in [1.807, 2.05) is 38.1 Å². The van der Waals surface area contributed by atoms with E-state index in [4.69, 9.17) is 52.6 Å². The van der Waals surface area contributed by atoms with Gasteiger partial charge in [0.2, 0.25) is 53.4 Å². The number of aliphatic hydroxyl groups excluding tert-OH is 11. The molecule has 1 saturated heterocycles. The summed E-state index contributed by atoms with van der Waals surface area (Å²) in [5.41, 5.74) is 5.86. The highest BCUT2D eigenvalue weighted by atomic mass is 35.5. The fourth-order valence-corrected chi connectivity index (χ4v) is 17.1. The van der Waals surface area contributed by atoms with Crippen molar-refractivity contribution in [3.8, 4) is 68.6 Å². The third kappa shape index (κ3) is 23.8. The molecule has 22 atom stereocenters. The molecule has 6 heterocycles. The van der Waals surface area contributed by atoms with Gasteiger partial charge >= 0.3 is 5.97 Å². The number of nitrogens with two attached hydrogens (primary N) is 1. The Morgan fingerprint density at radius 2 is 1.32 bits per heavy atom. The zero-order valence-corrected chi connectivity index (χ0v) is 75.5. The van der Waals surface area contributed by atoms with Crippen LogP contribution in [0, 0.1) is 23.3 Å². The fraction of sp³-hybridized carbons (Fsp3) is 0.472. The Morgan fingerprint density at radius 3 is 1.92 bits per heavy atom. The number of aliphatic carboxylic acids is 1. The Bertz CT molecular complexity index is 5340. The van der Waals surface area contributed by atoms with Gasteiger partial charge in [-0.2, -0.15) is 0 Å². The maximum atomic E-state index is 16.5. The minimum absolute atomic E-state index is 0.0141. The average molecular weight is 1900 g/mol. The van der Waals surface area contributed by atoms with Crippen molar-refractivity contribution in [3.63, 3.8) is 0 Å². The molecule has 6 aromatic carbocycles. The topological polar surface area (TPSA) is 650 Å². The number of primary amides is 1. The van der Waals surface area contributed by atoms with Gasteiger partial charge in [-0.05, 0) is 153 Å². The van der Waals surface area contributed by atoms with E-state index in [0.29, 0.717) is 0 Å². The number of carboxylic acids is 1. The zero-order valence-electron chi connectivity index (χ0n) is 73.0. The molecule has 3 unspecified atom stereocenters. The van der Waals surface area contributed by atoms with Gasteiger partial charge in [-0.15, -0.1) is 5.54 Å². The number of ether oxygens (including phenoxy) is 5. The number of rotatable bonds is 27. The summed E-state index contributed by atoms with van der Waals surface area (Å²) in [4.78, 5) is 133. The van der Waals surface area contributed by atoms with E-state index in [1.54, 1.807) is 13.8 Å². The van der Waals surface area contributed by atoms with Gasteiger partial charge < -0.3 is 159 Å². The van der Waals surface area contributed by atoms with E-state index in [2.05, 4.69) is 84.3 Å². The number of carbonyl (C=O) groups excluding carboxylic acids is 8. The first-order chi connectivity index (χ1) is 62.3. The number of hydrogen-bond acceptors (Lipinski definition) is 31. The molecule has 2 fully saturated rings. The summed E-state index contributed by atoms with van der Waals surface area (Å²) in [5.74, 6) is -15.4. The van der Waals surface area contributed by atoms with Gasteiger partial charge in [0, 0.05) is 47.4 Å². The first-order valence-corrected chi connectivity index (χ1v) is 46.8. The molecular weight excluding hydrogens is 1790 g/mol. The highest BCUT2D eigenvalue weighted by molar-refractivity contribution is 6.83. The Kier molecular flexibility index (Phi) is 33.4. The van der Waals surface area contributed by atoms with Crippen molar-refractivity contribution in [2.24, 2.45) is 17.6 Å². The quantitative estimate of drug-likeness (QED) is 0.0181. The van der Waals surface area contributed by atoms with Crippen LogP contribution in [0.2, 0.25) is 29.7 Å². The Morgan fingerprint density at radius 1 is 0.697 bits per heavy atom. The summed E-state index contributed by atoms with van der Waals surface area (Å²) in [6, 6.07) is 5.34. The van der Waals surface area contributed by atoms with E-state index in [9.17, 15) is 95.8 Å². The van der Waals surface area contributed by atoms with E-state index >= 15 is 24.0 Å². The lowest BCUT2D eigenvalue weighted by Crippen LogP contribution is -2.64. The van der Waals surface area contributed by atoms with Crippen LogP contribution in [-0.4, -0.2) is 268 Å². The highest BCUT2D eigenvalue weighted by Crippen LogP contribution is 2.51. The van der Waals surface area contributed by atoms with Crippen LogP contribution in [0.3, 0.4) is 0 Å². The second-order valence-corrected chi connectivity index (χ2v) is 40.6. The molecule has 0 radical (unpaired) electrons. The number of aromatic hydroxyl groups is 3. The van der Waals surface area contributed by atoms with Crippen LogP contribution < -0.4 is 73.1 Å². The van der Waals surface area contributed by atoms with Crippen molar-refractivity contribution < 1.29 is 143 Å². The number of likely N-dealkylation sites (N-methyl/N-ethyl adjacent to an activating group) is 1. The smallest absolute Gasteiger partial charge is 0.330 e. The number of fused-ring (bicyclic) bond motifs is 15. The summed E-state index contributed by atoms with van der Waals surface area (Å²) in [6.45, 7) is 10.9. The van der Waals surface area contributed by atoms with Crippen LogP contribution >= 0.6 is 23.2 Å². The molecule has 6 aromatic rings. The lowest BCUT2D eigenvalue weighted by Gasteiger charge is -2.48. The van der Waals surface area contributed by atoms with Crippen molar-refractivity contribution >= 4 is 84.5 Å². The first-order valence-electron chi connectivity index (χ1n) is 42.5. The minimum Gasteiger partial charge on any atom is -0.507 e. The van der Waals surface area contributed by atoms with Gasteiger partial charge in [0.1, 0.15) is 122 Å². The van der Waals surface area contributed by atoms with Crippen molar-refractivity contribution in [1.29, 1.82) is 0 Å². The van der Waals surface area contributed by atoms with Crippen molar-refractivity contribution in [2.45, 2.75) is 220 Å². The summed E-state index contributed by atoms with van der Waals surface area (Å²) < 4.78 is 33.7. The van der Waals surface area contributed by atoms with Crippen LogP contribution in [0.4, 0.5) is 0 Å². The Balaban J connectivity index is 1.08. The van der Waals surface area contributed by atoms with Crippen LogP contribution in [0.5, 0.6) is 46.0 Å². The number of halogens is 2. The maximum Gasteiger partial charge on any atom is 0.330 e. The van der Waals surface area contributed by atoms with E-state index in [0.717, 1.165) is 71.8 Å². The molecule has 40 nitrogen and oxygen atoms in total. The summed E-state index contributed by atoms with van der Waals surface area (Å²) in [5, 5.41) is 195. The zero-order chi connectivity index (χ0) is 96.6. The SMILES string of the molecule is CN[C@H](CC(C)C)C(=O)N[C@H]1C(=O)N[C@@H](CC(N)=O)C(=O)N[C@H]2C(=O)N[C@@H]3C(=O)N[C@H](C(=O)N[C@H](C(=O)O)c4cc(O)c(CNCCCNC(=O)[C@H](O)[C@@H](O)[C@H](O)[C@H](O)CO)c(O)c4-c4cc3ccc4O)[C@H](O)c3ccc(c(Cl)c3)Oc3cc2cc(c3O[C@@H]2O[C@H](CO)C(O)C(O)[C@H]2O[C@@H]2C[C@@H](C)[C@@H](O)C(C)(NCc3ccc(C#C[Si](C)(C)C)cc3)C2)Oc2ccc(cc2Cl)[C@H]1O. The molecule has 0 aromatic heterocycles. The molecular formula is C89H111Cl2N11O29Si. The van der Waals surface area contributed by atoms with E-state index < -0.39 is 299 Å². The molecule has 8 amide bonds. The summed E-state index contributed by atoms with van der Waals surface area (Å²) in [7, 11) is -0.252. The third-order valence-electron chi connectivity index (χ3n) is 23.4. The number of phenolic OH excluding ortho intramolecular Hbond substituents is 3. The molecule has 43 heteroatoms. The van der Waals surface area contributed by atoms with Gasteiger partial charge in [0.05, 0.1) is 53.5 Å². The minimum atomic E-state index is -2.43. The molecule has 13 rings (SSSR count). The van der Waals surface area contributed by atoms with Gasteiger partial charge in [0.25, 0.3) is 5.91 Å². The van der Waals surface area contributed by atoms with Crippen molar-refractivity contribution in [1.82, 2.24) is 53.2 Å². The number of phenols is 3. The molecule has 132 heavy (non-hydrogen) atoms. The number of carboxylic acid groups (broad SMARTS) is 1. The Hall–Kier alpha value is -10.9. The number of aliphatic hydroxyl groups is 11. The van der Waals surface area contributed by atoms with E-state index in [1.165, 1.54) is 19.2 Å². The molecule has 714 valence electrons. The second-order valence-electron chi connectivity index (χ2n) is 35.0. The van der Waals surface area contributed by atoms with Gasteiger partial charge in [0.15, 0.2) is 23.6 Å². The third-order valence-corrected chi connectivity index (χ3v) is 24.8. The predicted molar refractivity (Wildman–Crippen MR) is 472 cm³/mol. The second kappa shape index (κ2) is 43.4. The first kappa shape index (κ1) is 102. The molecule has 0 spiro atoms. The van der Waals surface area contributed by atoms with Crippen LogP contribution in [0.15, 0.2) is 97.1 Å². The van der Waals surface area contributed by atoms with Gasteiger partial charge in [-0.1, -0.05) is 99.9 Å². The van der Waals surface area contributed by atoms with Gasteiger partial charge in [-0.3, -0.25) is 38.4 Å². The van der Waals surface area contributed by atoms with Crippen LogP contribution in [0.25, 0.3) is 11.1 Å². The summed E-state index contributed by atoms with van der Waals surface area (Å²) in [6.07, 6.45) is -25.2. The normalized spacial score (nSPS) is 26.3. The molecule has 1 aliphatic carbocycles. The molecule has 6 aliphatic heterocycles. The summed E-state index contributed by atoms with van der Waals surface area (Å²) >= 11 is 14.4. The molecule has 11 bridgehead atoms. The molecule has 27 N–H and O–H groups in total. The maximum absolute atomic E-state index is 16.5. The highest BCUT2D eigenvalue weighted by Gasteiger charge is 2.52. The predicted octanol–water partition coefficient (Wildman–Crippen LogP) is -0.138.